The molecule has 15 heteroatoms. The minimum absolute atomic E-state index is 0.0409. The normalized spacial score (nSPS) is 22.0. The maximum absolute atomic E-state index is 15.0. The molecular weight excluding hydrogens is 645 g/mol. The summed E-state index contributed by atoms with van der Waals surface area (Å²) in [5.41, 5.74) is -7.69. The molecule has 1 saturated carbocycles. The van der Waals surface area contributed by atoms with E-state index in [-0.39, 0.29) is 54.0 Å². The predicted molar refractivity (Wildman–Crippen MR) is 157 cm³/mol. The number of alkyl halides is 7. The fourth-order valence-corrected chi connectivity index (χ4v) is 9.12. The van der Waals surface area contributed by atoms with Crippen LogP contribution in [-0.4, -0.2) is 69.3 Å². The fourth-order valence-electron chi connectivity index (χ4n) is 6.80. The maximum Gasteiger partial charge on any atom is 0.435 e. The van der Waals surface area contributed by atoms with Crippen molar-refractivity contribution < 1.29 is 53.8 Å². The van der Waals surface area contributed by atoms with E-state index in [1.807, 2.05) is 13.8 Å². The lowest BCUT2D eigenvalue weighted by molar-refractivity contribution is -0.348. The Bertz CT molecular complexity index is 1460. The van der Waals surface area contributed by atoms with Crippen LogP contribution in [0.5, 0.6) is 0 Å². The van der Waals surface area contributed by atoms with Gasteiger partial charge < -0.3 is 14.9 Å². The topological polar surface area (TPSA) is 95.0 Å². The molecule has 2 unspecified atom stereocenters. The van der Waals surface area contributed by atoms with Crippen LogP contribution in [0.2, 0.25) is 0 Å². The summed E-state index contributed by atoms with van der Waals surface area (Å²) >= 11 is 0. The molecule has 5 rings (SSSR count). The van der Waals surface area contributed by atoms with Gasteiger partial charge in [-0.05, 0) is 43.0 Å². The minimum Gasteiger partial charge on any atom is -0.483 e. The van der Waals surface area contributed by atoms with Crippen molar-refractivity contribution in [1.29, 1.82) is 0 Å². The number of hydrogen-bond acceptors (Lipinski definition) is 5. The molecule has 2 aromatic carbocycles. The Labute approximate surface area is 263 Å². The molecule has 1 N–H and O–H groups in total. The lowest BCUT2D eigenvalue weighted by Crippen LogP contribution is -2.58. The first-order valence-corrected chi connectivity index (χ1v) is 16.3. The number of carbonyl (C=O) groups is 2. The largest absolute Gasteiger partial charge is 0.483 e. The van der Waals surface area contributed by atoms with Crippen molar-refractivity contribution in [2.45, 2.75) is 86.1 Å². The quantitative estimate of drug-likeness (QED) is 0.276. The SMILES string of the molecule is CC.CN1CC2N(C(=O)C3CCCCC3)CCC2(S(=O)(=O)c2ccccc2)c2ccc(C(F)(C(F)(F)F)C(F)(F)F)cc21.O=CO. The average Bonchev–Trinajstić information content (AvgIpc) is 3.42. The number of carboxylic acid groups (broad SMARTS) is 1. The van der Waals surface area contributed by atoms with Gasteiger partial charge in [-0.25, -0.2) is 12.8 Å². The zero-order valence-corrected chi connectivity index (χ0v) is 26.4. The van der Waals surface area contributed by atoms with Crippen molar-refractivity contribution in [1.82, 2.24) is 4.90 Å². The number of benzene rings is 2. The molecule has 2 aliphatic heterocycles. The Morgan fingerprint density at radius 1 is 0.935 bits per heavy atom. The first-order chi connectivity index (χ1) is 21.5. The van der Waals surface area contributed by atoms with Crippen molar-refractivity contribution in [3.63, 3.8) is 0 Å². The molecule has 1 aliphatic carbocycles. The lowest BCUT2D eigenvalue weighted by Gasteiger charge is -2.47. The van der Waals surface area contributed by atoms with Crippen LogP contribution in [0.1, 0.15) is 63.5 Å². The molecule has 2 heterocycles. The second-order valence-electron chi connectivity index (χ2n) is 11.2. The van der Waals surface area contributed by atoms with Gasteiger partial charge in [0.1, 0.15) is 4.75 Å². The van der Waals surface area contributed by atoms with Crippen LogP contribution in [0, 0.1) is 5.92 Å². The molecule has 2 atom stereocenters. The van der Waals surface area contributed by atoms with Gasteiger partial charge in [-0.15, -0.1) is 0 Å². The molecule has 46 heavy (non-hydrogen) atoms. The molecule has 0 aromatic heterocycles. The third-order valence-electron chi connectivity index (χ3n) is 8.90. The van der Waals surface area contributed by atoms with Crippen molar-refractivity contribution in [2.75, 3.05) is 25.0 Å². The highest BCUT2D eigenvalue weighted by atomic mass is 32.2. The van der Waals surface area contributed by atoms with Crippen LogP contribution in [0.25, 0.3) is 0 Å². The van der Waals surface area contributed by atoms with Crippen LogP contribution < -0.4 is 4.90 Å². The number of anilines is 1. The van der Waals surface area contributed by atoms with Gasteiger partial charge in [0.25, 0.3) is 6.47 Å². The number of rotatable bonds is 4. The van der Waals surface area contributed by atoms with E-state index in [4.69, 9.17) is 9.90 Å². The summed E-state index contributed by atoms with van der Waals surface area (Å²) in [7, 11) is -2.98. The summed E-state index contributed by atoms with van der Waals surface area (Å²) in [5, 5.41) is 6.89. The molecular formula is C31H37F7N2O5S. The Morgan fingerprint density at radius 2 is 1.48 bits per heavy atom. The Hall–Kier alpha value is -3.36. The number of sulfone groups is 1. The molecule has 2 aromatic rings. The van der Waals surface area contributed by atoms with E-state index in [1.54, 1.807) is 6.07 Å². The monoisotopic (exact) mass is 682 g/mol. The Balaban J connectivity index is 0.00000109. The smallest absolute Gasteiger partial charge is 0.435 e. The molecule has 0 radical (unpaired) electrons. The van der Waals surface area contributed by atoms with Crippen molar-refractivity contribution in [3.8, 4) is 0 Å². The zero-order valence-electron chi connectivity index (χ0n) is 25.5. The number of likely N-dealkylation sites (N-methyl/N-ethyl adjacent to an activating group) is 1. The molecule has 1 amide bonds. The van der Waals surface area contributed by atoms with E-state index in [2.05, 4.69) is 0 Å². The third-order valence-corrected chi connectivity index (χ3v) is 11.4. The van der Waals surface area contributed by atoms with Crippen LogP contribution >= 0.6 is 0 Å². The van der Waals surface area contributed by atoms with Crippen molar-refractivity contribution in [3.05, 3.63) is 59.7 Å². The highest BCUT2D eigenvalue weighted by molar-refractivity contribution is 7.92. The van der Waals surface area contributed by atoms with E-state index in [1.165, 1.54) is 41.1 Å². The first-order valence-electron chi connectivity index (χ1n) is 14.9. The highest BCUT2D eigenvalue weighted by Crippen LogP contribution is 2.57. The Kier molecular flexibility index (Phi) is 11.1. The number of amides is 1. The second kappa shape index (κ2) is 13.8. The molecule has 0 bridgehead atoms. The molecule has 3 aliphatic rings. The van der Waals surface area contributed by atoms with Crippen LogP contribution in [0.15, 0.2) is 53.4 Å². The number of halogens is 7. The summed E-state index contributed by atoms with van der Waals surface area (Å²) in [4.78, 5) is 24.8. The van der Waals surface area contributed by atoms with Crippen LogP contribution in [0.3, 0.4) is 0 Å². The molecule has 1 saturated heterocycles. The van der Waals surface area contributed by atoms with Gasteiger partial charge in [0.05, 0.1) is 10.9 Å². The van der Waals surface area contributed by atoms with Crippen LogP contribution in [-0.2, 0) is 29.8 Å². The van der Waals surface area contributed by atoms with E-state index in [0.29, 0.717) is 25.0 Å². The number of carbonyl (C=O) groups excluding carboxylic acids is 1. The highest BCUT2D eigenvalue weighted by Gasteiger charge is 2.74. The van der Waals surface area contributed by atoms with Gasteiger partial charge in [-0.3, -0.25) is 9.59 Å². The van der Waals surface area contributed by atoms with Crippen molar-refractivity contribution >= 4 is 27.9 Å². The van der Waals surface area contributed by atoms with E-state index in [9.17, 15) is 39.6 Å². The lowest BCUT2D eigenvalue weighted by atomic mass is 9.82. The van der Waals surface area contributed by atoms with E-state index < -0.39 is 44.2 Å². The summed E-state index contributed by atoms with van der Waals surface area (Å²) in [6.45, 7) is 3.61. The van der Waals surface area contributed by atoms with Gasteiger partial charge >= 0.3 is 18.0 Å². The molecule has 7 nitrogen and oxygen atoms in total. The van der Waals surface area contributed by atoms with Gasteiger partial charge in [0.15, 0.2) is 9.84 Å². The summed E-state index contributed by atoms with van der Waals surface area (Å²) in [6.07, 6.45) is -8.74. The standard InChI is InChI=1S/C28H29F7N2O3S.C2H6.CH2O2/c1-36-17-23-25(41(39,40)20-10-6-3-7-11-20,14-15-37(23)24(38)18-8-4-2-5-9-18)21-13-12-19(16-22(21)36)26(29,27(30,31)32)28(33,34)35;1-2;2-1-3/h3,6-7,10-13,16,18,23H,2,4-5,8-9,14-15,17H2,1H3;1-2H3;1H,(H,2,3). The fraction of sp³-hybridized carbons (Fsp3) is 0.548. The third kappa shape index (κ3) is 6.06. The van der Waals surface area contributed by atoms with Gasteiger partial charge in [-0.1, -0.05) is 63.4 Å². The summed E-state index contributed by atoms with van der Waals surface area (Å²) in [5.74, 6) is -0.496. The number of hydrogen-bond donors (Lipinski definition) is 1. The van der Waals surface area contributed by atoms with E-state index in [0.717, 1.165) is 25.3 Å². The predicted octanol–water partition coefficient (Wildman–Crippen LogP) is 7.00. The summed E-state index contributed by atoms with van der Waals surface area (Å²) in [6, 6.07) is 8.02. The summed E-state index contributed by atoms with van der Waals surface area (Å²) < 4.78 is 123. The average molecular weight is 683 g/mol. The van der Waals surface area contributed by atoms with Crippen LogP contribution in [0.4, 0.5) is 36.4 Å². The molecule has 256 valence electrons. The molecule has 2 fully saturated rings. The number of likely N-dealkylation sites (tertiary alicyclic amines) is 1. The van der Waals surface area contributed by atoms with Gasteiger partial charge in [0.2, 0.25) is 5.91 Å². The molecule has 0 spiro atoms. The first kappa shape index (κ1) is 37.1. The zero-order chi connectivity index (χ0) is 34.7. The number of fused-ring (bicyclic) bond motifs is 3. The second-order valence-corrected chi connectivity index (χ2v) is 13.4. The maximum atomic E-state index is 15.0. The number of nitrogens with zero attached hydrogens (tertiary/aromatic N) is 2. The minimum atomic E-state index is -6.32. The van der Waals surface area contributed by atoms with Gasteiger partial charge in [-0.2, -0.15) is 26.3 Å². The van der Waals surface area contributed by atoms with Gasteiger partial charge in [0, 0.05) is 37.3 Å². The Morgan fingerprint density at radius 3 is 2.00 bits per heavy atom. The van der Waals surface area contributed by atoms with Crippen molar-refractivity contribution in [2.24, 2.45) is 5.92 Å². The van der Waals surface area contributed by atoms with E-state index >= 15 is 4.39 Å².